The van der Waals surface area contributed by atoms with Crippen molar-refractivity contribution in [1.82, 2.24) is 0 Å². The Kier molecular flexibility index (Phi) is 6.82. The number of ketones is 1. The third-order valence-corrected chi connectivity index (χ3v) is 5.89. The molecule has 1 atom stereocenters. The molecule has 3 aromatic rings. The van der Waals surface area contributed by atoms with E-state index < -0.39 is 17.7 Å². The lowest BCUT2D eigenvalue weighted by Gasteiger charge is -2.25. The molecule has 0 radical (unpaired) electrons. The Morgan fingerprint density at radius 2 is 1.59 bits per heavy atom. The SMILES string of the molecule is CCc1ccc(N2C(=O)C(=O)/C(=C(/O)c3ccc(OCC(C)C)cc3)C2c2ccccc2)cc1. The number of hydrogen-bond donors (Lipinski definition) is 1. The highest BCUT2D eigenvalue weighted by Gasteiger charge is 2.46. The molecule has 0 aliphatic carbocycles. The summed E-state index contributed by atoms with van der Waals surface area (Å²) in [5, 5.41) is 11.2. The summed E-state index contributed by atoms with van der Waals surface area (Å²) < 4.78 is 5.72. The molecular formula is C29H29NO4. The van der Waals surface area contributed by atoms with Gasteiger partial charge in [-0.3, -0.25) is 14.5 Å². The predicted molar refractivity (Wildman–Crippen MR) is 134 cm³/mol. The minimum atomic E-state index is -0.731. The van der Waals surface area contributed by atoms with Crippen LogP contribution >= 0.6 is 0 Å². The number of anilines is 1. The van der Waals surface area contributed by atoms with Gasteiger partial charge in [0.25, 0.3) is 11.7 Å². The fraction of sp³-hybridized carbons (Fsp3) is 0.241. The Labute approximate surface area is 200 Å². The van der Waals surface area contributed by atoms with Gasteiger partial charge in [-0.2, -0.15) is 0 Å². The lowest BCUT2D eigenvalue weighted by atomic mass is 9.95. The van der Waals surface area contributed by atoms with Crippen LogP contribution in [0.15, 0.2) is 84.4 Å². The first-order chi connectivity index (χ1) is 16.4. The van der Waals surface area contributed by atoms with Gasteiger partial charge in [-0.1, -0.05) is 63.2 Å². The highest BCUT2D eigenvalue weighted by atomic mass is 16.5. The van der Waals surface area contributed by atoms with E-state index in [9.17, 15) is 14.7 Å². The lowest BCUT2D eigenvalue weighted by Crippen LogP contribution is -2.29. The number of carbonyl (C=O) groups excluding carboxylic acids is 2. The summed E-state index contributed by atoms with van der Waals surface area (Å²) in [5.41, 5.74) is 3.03. The van der Waals surface area contributed by atoms with Crippen molar-refractivity contribution < 1.29 is 19.4 Å². The van der Waals surface area contributed by atoms with Crippen LogP contribution in [-0.2, 0) is 16.0 Å². The van der Waals surface area contributed by atoms with E-state index in [1.807, 2.05) is 54.6 Å². The minimum absolute atomic E-state index is 0.0756. The molecule has 1 fully saturated rings. The first-order valence-corrected chi connectivity index (χ1v) is 11.6. The topological polar surface area (TPSA) is 66.8 Å². The molecule has 34 heavy (non-hydrogen) atoms. The van der Waals surface area contributed by atoms with E-state index in [4.69, 9.17) is 4.74 Å². The van der Waals surface area contributed by atoms with Crippen molar-refractivity contribution in [1.29, 1.82) is 0 Å². The second-order valence-corrected chi connectivity index (χ2v) is 8.83. The number of aryl methyl sites for hydroxylation is 1. The number of ether oxygens (including phenoxy) is 1. The van der Waals surface area contributed by atoms with Gasteiger partial charge >= 0.3 is 0 Å². The second kappa shape index (κ2) is 9.96. The highest BCUT2D eigenvalue weighted by Crippen LogP contribution is 2.42. The molecule has 1 amide bonds. The summed E-state index contributed by atoms with van der Waals surface area (Å²) in [7, 11) is 0. The molecule has 5 heteroatoms. The fourth-order valence-corrected chi connectivity index (χ4v) is 4.07. The summed E-state index contributed by atoms with van der Waals surface area (Å²) in [4.78, 5) is 27.9. The Hall–Kier alpha value is -3.86. The van der Waals surface area contributed by atoms with Gasteiger partial charge in [0.1, 0.15) is 11.5 Å². The van der Waals surface area contributed by atoms with E-state index in [1.54, 1.807) is 24.3 Å². The van der Waals surface area contributed by atoms with Crippen LogP contribution in [0.1, 0.15) is 43.5 Å². The van der Waals surface area contributed by atoms with Crippen LogP contribution < -0.4 is 9.64 Å². The molecule has 1 aliphatic rings. The van der Waals surface area contributed by atoms with Crippen LogP contribution in [-0.4, -0.2) is 23.4 Å². The van der Waals surface area contributed by atoms with Gasteiger partial charge in [0.05, 0.1) is 18.2 Å². The first kappa shape index (κ1) is 23.3. The van der Waals surface area contributed by atoms with Crippen LogP contribution in [0.2, 0.25) is 0 Å². The van der Waals surface area contributed by atoms with Crippen molar-refractivity contribution in [2.75, 3.05) is 11.5 Å². The Morgan fingerprint density at radius 3 is 2.18 bits per heavy atom. The van der Waals surface area contributed by atoms with Crippen molar-refractivity contribution in [3.8, 4) is 5.75 Å². The van der Waals surface area contributed by atoms with Gasteiger partial charge in [-0.25, -0.2) is 0 Å². The van der Waals surface area contributed by atoms with Crippen LogP contribution in [0.3, 0.4) is 0 Å². The molecule has 0 spiro atoms. The number of hydrogen-bond acceptors (Lipinski definition) is 4. The molecule has 0 saturated carbocycles. The summed E-state index contributed by atoms with van der Waals surface area (Å²) >= 11 is 0. The number of aliphatic hydroxyl groups is 1. The maximum absolute atomic E-state index is 13.2. The highest BCUT2D eigenvalue weighted by molar-refractivity contribution is 6.51. The molecule has 0 bridgehead atoms. The molecule has 3 aromatic carbocycles. The predicted octanol–water partition coefficient (Wildman–Crippen LogP) is 5.91. The number of carbonyl (C=O) groups is 2. The summed E-state index contributed by atoms with van der Waals surface area (Å²) in [5.74, 6) is -0.486. The Morgan fingerprint density at radius 1 is 0.941 bits per heavy atom. The normalized spacial score (nSPS) is 17.4. The quantitative estimate of drug-likeness (QED) is 0.273. The van der Waals surface area contributed by atoms with E-state index in [2.05, 4.69) is 20.8 Å². The van der Waals surface area contributed by atoms with E-state index in [-0.39, 0.29) is 11.3 Å². The number of amides is 1. The maximum atomic E-state index is 13.2. The Balaban J connectivity index is 1.79. The average molecular weight is 456 g/mol. The van der Waals surface area contributed by atoms with E-state index in [0.717, 1.165) is 17.5 Å². The van der Waals surface area contributed by atoms with Gasteiger partial charge < -0.3 is 9.84 Å². The van der Waals surface area contributed by atoms with Crippen molar-refractivity contribution >= 4 is 23.1 Å². The number of benzene rings is 3. The van der Waals surface area contributed by atoms with Crippen molar-refractivity contribution in [3.05, 3.63) is 101 Å². The molecule has 1 heterocycles. The van der Waals surface area contributed by atoms with Gasteiger partial charge in [0.15, 0.2) is 0 Å². The van der Waals surface area contributed by atoms with Crippen LogP contribution in [0, 0.1) is 5.92 Å². The standard InChI is InChI=1S/C29H29NO4/c1-4-20-10-14-23(15-11-20)30-26(21-8-6-5-7-9-21)25(28(32)29(30)33)27(31)22-12-16-24(17-13-22)34-18-19(2)3/h5-17,19,26,31H,4,18H2,1-3H3/b27-25+. The van der Waals surface area contributed by atoms with Gasteiger partial charge in [0.2, 0.25) is 0 Å². The largest absolute Gasteiger partial charge is 0.507 e. The van der Waals surface area contributed by atoms with Crippen molar-refractivity contribution in [2.24, 2.45) is 5.92 Å². The molecule has 1 aliphatic heterocycles. The third-order valence-electron chi connectivity index (χ3n) is 5.89. The lowest BCUT2D eigenvalue weighted by molar-refractivity contribution is -0.132. The van der Waals surface area contributed by atoms with Crippen LogP contribution in [0.5, 0.6) is 5.75 Å². The van der Waals surface area contributed by atoms with Crippen molar-refractivity contribution in [2.45, 2.75) is 33.2 Å². The zero-order valence-electron chi connectivity index (χ0n) is 19.7. The zero-order valence-corrected chi connectivity index (χ0v) is 19.7. The molecule has 0 aromatic heterocycles. The Bertz CT molecular complexity index is 1200. The first-order valence-electron chi connectivity index (χ1n) is 11.6. The fourth-order valence-electron chi connectivity index (χ4n) is 4.07. The smallest absolute Gasteiger partial charge is 0.300 e. The van der Waals surface area contributed by atoms with E-state index >= 15 is 0 Å². The van der Waals surface area contributed by atoms with Crippen LogP contribution in [0.25, 0.3) is 5.76 Å². The monoisotopic (exact) mass is 455 g/mol. The van der Waals surface area contributed by atoms with Gasteiger partial charge in [-0.15, -0.1) is 0 Å². The third kappa shape index (κ3) is 4.60. The molecule has 4 rings (SSSR count). The summed E-state index contributed by atoms with van der Waals surface area (Å²) in [6.07, 6.45) is 0.873. The molecule has 1 unspecified atom stereocenters. The number of rotatable bonds is 7. The summed E-state index contributed by atoms with van der Waals surface area (Å²) in [6, 6.07) is 23.1. The molecule has 1 saturated heterocycles. The number of aliphatic hydroxyl groups excluding tert-OH is 1. The zero-order chi connectivity index (χ0) is 24.2. The minimum Gasteiger partial charge on any atom is -0.507 e. The second-order valence-electron chi connectivity index (χ2n) is 8.83. The van der Waals surface area contributed by atoms with E-state index in [1.165, 1.54) is 4.90 Å². The molecule has 5 nitrogen and oxygen atoms in total. The molecule has 1 N–H and O–H groups in total. The summed E-state index contributed by atoms with van der Waals surface area (Å²) in [6.45, 7) is 6.78. The maximum Gasteiger partial charge on any atom is 0.300 e. The van der Waals surface area contributed by atoms with E-state index in [0.29, 0.717) is 29.5 Å². The average Bonchev–Trinajstić information content (AvgIpc) is 3.13. The molecule has 174 valence electrons. The van der Waals surface area contributed by atoms with Crippen molar-refractivity contribution in [3.63, 3.8) is 0 Å². The molecular weight excluding hydrogens is 426 g/mol. The van der Waals surface area contributed by atoms with Crippen LogP contribution in [0.4, 0.5) is 5.69 Å². The van der Waals surface area contributed by atoms with Gasteiger partial charge in [0, 0.05) is 11.3 Å². The number of Topliss-reactive ketones (excluding diaryl/α,β-unsaturated/α-hetero) is 1. The number of nitrogens with zero attached hydrogens (tertiary/aromatic N) is 1. The van der Waals surface area contributed by atoms with Gasteiger partial charge in [-0.05, 0) is 59.9 Å².